The second-order valence-electron chi connectivity index (χ2n) is 6.20. The van der Waals surface area contributed by atoms with Crippen LogP contribution in [0.4, 0.5) is 10.1 Å². The number of carbonyl (C=O) groups is 2. The maximum atomic E-state index is 14.3. The molecule has 3 rings (SSSR count). The topological polar surface area (TPSA) is 58.2 Å². The molecule has 152 valence electrons. The minimum absolute atomic E-state index is 0.00976. The Kier molecular flexibility index (Phi) is 7.27. The predicted octanol–water partition coefficient (Wildman–Crippen LogP) is 5.61. The van der Waals surface area contributed by atoms with Gasteiger partial charge in [-0.2, -0.15) is 0 Å². The molecule has 0 radical (unpaired) electrons. The van der Waals surface area contributed by atoms with E-state index in [0.717, 1.165) is 4.90 Å². The van der Waals surface area contributed by atoms with Gasteiger partial charge < -0.3 is 10.6 Å². The minimum atomic E-state index is -0.605. The Balaban J connectivity index is 1.95. The van der Waals surface area contributed by atoms with Gasteiger partial charge in [0.25, 0.3) is 11.8 Å². The summed E-state index contributed by atoms with van der Waals surface area (Å²) in [5, 5.41) is 5.42. The van der Waals surface area contributed by atoms with Gasteiger partial charge in [0.1, 0.15) is 11.5 Å². The van der Waals surface area contributed by atoms with Gasteiger partial charge in [0.15, 0.2) is 0 Å². The van der Waals surface area contributed by atoms with Crippen molar-refractivity contribution in [1.29, 1.82) is 0 Å². The van der Waals surface area contributed by atoms with Gasteiger partial charge in [0.05, 0.1) is 5.02 Å². The van der Waals surface area contributed by atoms with Gasteiger partial charge in [-0.3, -0.25) is 9.59 Å². The van der Waals surface area contributed by atoms with Gasteiger partial charge >= 0.3 is 0 Å². The van der Waals surface area contributed by atoms with Crippen LogP contribution in [0.15, 0.2) is 83.4 Å². The summed E-state index contributed by atoms with van der Waals surface area (Å²) < 4.78 is 14.3. The van der Waals surface area contributed by atoms with Crippen molar-refractivity contribution in [3.05, 3.63) is 100 Å². The first-order chi connectivity index (χ1) is 14.5. The molecule has 0 aromatic heterocycles. The third-order valence-corrected chi connectivity index (χ3v) is 5.20. The lowest BCUT2D eigenvalue weighted by atomic mass is 10.1. The molecule has 0 aliphatic carbocycles. The predicted molar refractivity (Wildman–Crippen MR) is 120 cm³/mol. The van der Waals surface area contributed by atoms with Crippen LogP contribution in [0.3, 0.4) is 0 Å². The van der Waals surface area contributed by atoms with Crippen molar-refractivity contribution in [2.45, 2.75) is 4.90 Å². The van der Waals surface area contributed by atoms with Crippen LogP contribution >= 0.6 is 23.4 Å². The fourth-order valence-electron chi connectivity index (χ4n) is 2.63. The molecule has 7 heteroatoms. The number of hydrogen-bond acceptors (Lipinski definition) is 3. The first kappa shape index (κ1) is 21.6. The van der Waals surface area contributed by atoms with E-state index in [1.165, 1.54) is 36.0 Å². The summed E-state index contributed by atoms with van der Waals surface area (Å²) >= 11 is 7.63. The fraction of sp³-hybridized carbons (Fsp3) is 0.0435. The Labute approximate surface area is 183 Å². The second kappa shape index (κ2) is 10.1. The zero-order chi connectivity index (χ0) is 21.5. The summed E-state index contributed by atoms with van der Waals surface area (Å²) in [5.74, 6) is -1.70. The number of amides is 2. The summed E-state index contributed by atoms with van der Waals surface area (Å²) in [4.78, 5) is 26.5. The molecule has 3 aromatic carbocycles. The maximum Gasteiger partial charge on any atom is 0.272 e. The van der Waals surface area contributed by atoms with Crippen LogP contribution in [0.2, 0.25) is 5.02 Å². The quantitative estimate of drug-likeness (QED) is 0.387. The van der Waals surface area contributed by atoms with Crippen molar-refractivity contribution in [3.8, 4) is 0 Å². The second-order valence-corrected chi connectivity index (χ2v) is 7.49. The molecule has 0 heterocycles. The third-order valence-electron chi connectivity index (χ3n) is 4.14. The number of nitrogens with one attached hydrogen (secondary N) is 2. The smallest absolute Gasteiger partial charge is 0.272 e. The molecule has 2 amide bonds. The van der Waals surface area contributed by atoms with Gasteiger partial charge in [-0.15, -0.1) is 11.8 Å². The molecule has 0 saturated carbocycles. The van der Waals surface area contributed by atoms with E-state index >= 15 is 0 Å². The first-order valence-electron chi connectivity index (χ1n) is 8.95. The molecule has 4 nitrogen and oxygen atoms in total. The van der Waals surface area contributed by atoms with E-state index in [1.807, 2.05) is 12.3 Å². The van der Waals surface area contributed by atoms with E-state index in [-0.39, 0.29) is 16.3 Å². The van der Waals surface area contributed by atoms with Crippen LogP contribution in [0.25, 0.3) is 6.08 Å². The van der Waals surface area contributed by atoms with Gasteiger partial charge in [-0.25, -0.2) is 4.39 Å². The standard InChI is InChI=1S/C23H18ClFN2O2S/c1-30-17-10-5-9-16(13-17)26-23(29)21(14-18-19(24)11-6-12-20(18)25)27-22(28)15-7-3-2-4-8-15/h2-14H,1H3,(H,26,29)(H,27,28)/b21-14-. The largest absolute Gasteiger partial charge is 0.321 e. The zero-order valence-electron chi connectivity index (χ0n) is 16.0. The molecular weight excluding hydrogens is 423 g/mol. The number of halogens is 2. The Morgan fingerprint density at radius 3 is 2.43 bits per heavy atom. The van der Waals surface area contributed by atoms with Gasteiger partial charge in [0.2, 0.25) is 0 Å². The number of anilines is 1. The van der Waals surface area contributed by atoms with E-state index in [9.17, 15) is 14.0 Å². The average Bonchev–Trinajstić information content (AvgIpc) is 2.76. The molecule has 0 aliphatic rings. The molecule has 0 unspecified atom stereocenters. The van der Waals surface area contributed by atoms with Gasteiger partial charge in [-0.1, -0.05) is 41.9 Å². The van der Waals surface area contributed by atoms with Crippen molar-refractivity contribution in [1.82, 2.24) is 5.32 Å². The molecular formula is C23H18ClFN2O2S. The van der Waals surface area contributed by atoms with E-state index in [1.54, 1.807) is 48.5 Å². The van der Waals surface area contributed by atoms with Crippen LogP contribution in [0.5, 0.6) is 0 Å². The van der Waals surface area contributed by atoms with E-state index in [0.29, 0.717) is 11.3 Å². The summed E-state index contributed by atoms with van der Waals surface area (Å²) in [6.45, 7) is 0. The summed E-state index contributed by atoms with van der Waals surface area (Å²) in [5.41, 5.74) is 0.785. The monoisotopic (exact) mass is 440 g/mol. The number of hydrogen-bond donors (Lipinski definition) is 2. The molecule has 3 aromatic rings. The van der Waals surface area contributed by atoms with Gasteiger partial charge in [0, 0.05) is 21.7 Å². The van der Waals surface area contributed by atoms with Crippen molar-refractivity contribution in [2.24, 2.45) is 0 Å². The zero-order valence-corrected chi connectivity index (χ0v) is 17.6. The minimum Gasteiger partial charge on any atom is -0.321 e. The summed E-state index contributed by atoms with van der Waals surface area (Å²) in [7, 11) is 0. The maximum absolute atomic E-state index is 14.3. The van der Waals surface area contributed by atoms with Crippen molar-refractivity contribution >= 4 is 46.9 Å². The lowest BCUT2D eigenvalue weighted by Crippen LogP contribution is -2.30. The van der Waals surface area contributed by atoms with E-state index in [2.05, 4.69) is 10.6 Å². The van der Waals surface area contributed by atoms with Crippen LogP contribution in [-0.2, 0) is 4.79 Å². The van der Waals surface area contributed by atoms with Crippen LogP contribution in [0.1, 0.15) is 15.9 Å². The molecule has 0 aliphatic heterocycles. The van der Waals surface area contributed by atoms with Crippen LogP contribution in [-0.4, -0.2) is 18.1 Å². The first-order valence-corrected chi connectivity index (χ1v) is 10.6. The number of rotatable bonds is 6. The number of benzene rings is 3. The van der Waals surface area contributed by atoms with Crippen LogP contribution in [0, 0.1) is 5.82 Å². The molecule has 0 fully saturated rings. The average molecular weight is 441 g/mol. The lowest BCUT2D eigenvalue weighted by molar-refractivity contribution is -0.113. The molecule has 0 bridgehead atoms. The Morgan fingerprint density at radius 1 is 1.00 bits per heavy atom. The Hall–Kier alpha value is -3.09. The van der Waals surface area contributed by atoms with Crippen LogP contribution < -0.4 is 10.6 Å². The highest BCUT2D eigenvalue weighted by atomic mass is 35.5. The van der Waals surface area contributed by atoms with Crippen molar-refractivity contribution < 1.29 is 14.0 Å². The molecule has 0 saturated heterocycles. The highest BCUT2D eigenvalue weighted by molar-refractivity contribution is 7.98. The lowest BCUT2D eigenvalue weighted by Gasteiger charge is -2.12. The highest BCUT2D eigenvalue weighted by Crippen LogP contribution is 2.23. The fourth-order valence-corrected chi connectivity index (χ4v) is 3.31. The van der Waals surface area contributed by atoms with E-state index < -0.39 is 17.6 Å². The summed E-state index contributed by atoms with van der Waals surface area (Å²) in [6, 6.07) is 19.9. The molecule has 30 heavy (non-hydrogen) atoms. The normalized spacial score (nSPS) is 11.1. The van der Waals surface area contributed by atoms with Gasteiger partial charge in [-0.05, 0) is 54.8 Å². The highest BCUT2D eigenvalue weighted by Gasteiger charge is 2.17. The molecule has 0 atom stereocenters. The van der Waals surface area contributed by atoms with Crippen molar-refractivity contribution in [3.63, 3.8) is 0 Å². The van der Waals surface area contributed by atoms with E-state index in [4.69, 9.17) is 11.6 Å². The third kappa shape index (κ3) is 5.49. The molecule has 0 spiro atoms. The Morgan fingerprint density at radius 2 is 1.73 bits per heavy atom. The SMILES string of the molecule is CSc1cccc(NC(=O)/C(=C/c2c(F)cccc2Cl)NC(=O)c2ccccc2)c1. The Bertz CT molecular complexity index is 1080. The number of carbonyl (C=O) groups excluding carboxylic acids is 2. The number of thioether (sulfide) groups is 1. The molecule has 2 N–H and O–H groups in total. The summed E-state index contributed by atoms with van der Waals surface area (Å²) in [6.07, 6.45) is 3.15. The van der Waals surface area contributed by atoms with Crippen molar-refractivity contribution in [2.75, 3.05) is 11.6 Å².